The van der Waals surface area contributed by atoms with Crippen molar-refractivity contribution in [2.45, 2.75) is 20.0 Å². The van der Waals surface area contributed by atoms with Gasteiger partial charge in [0, 0.05) is 23.0 Å². The van der Waals surface area contributed by atoms with Crippen LogP contribution in [0.2, 0.25) is 0 Å². The first-order valence-corrected chi connectivity index (χ1v) is 7.15. The number of hydrogen-bond donors (Lipinski definition) is 1. The van der Waals surface area contributed by atoms with Crippen molar-refractivity contribution in [3.8, 4) is 0 Å². The molecule has 1 aromatic heterocycles. The summed E-state index contributed by atoms with van der Waals surface area (Å²) in [6.07, 6.45) is -2.79. The number of nitrogens with zero attached hydrogens (tertiary/aromatic N) is 1. The van der Waals surface area contributed by atoms with Gasteiger partial charge in [-0.3, -0.25) is 4.98 Å². The van der Waals surface area contributed by atoms with Crippen LogP contribution in [-0.4, -0.2) is 4.98 Å². The lowest BCUT2D eigenvalue weighted by Crippen LogP contribution is -2.05. The number of aromatic nitrogens is 1. The zero-order valence-electron chi connectivity index (χ0n) is 12.7. The van der Waals surface area contributed by atoms with Crippen molar-refractivity contribution in [2.24, 2.45) is 0 Å². The highest BCUT2D eigenvalue weighted by Crippen LogP contribution is 2.34. The highest BCUT2D eigenvalue weighted by Gasteiger charge is 2.30. The second-order valence-corrected chi connectivity index (χ2v) is 5.53. The first kappa shape index (κ1) is 15.3. The molecule has 5 heteroatoms. The molecule has 0 saturated carbocycles. The van der Waals surface area contributed by atoms with E-state index in [1.807, 2.05) is 32.0 Å². The number of anilines is 2. The number of rotatable bonds is 2. The van der Waals surface area contributed by atoms with E-state index in [9.17, 15) is 13.2 Å². The highest BCUT2D eigenvalue weighted by molar-refractivity contribution is 5.93. The fraction of sp³-hybridized carbons (Fsp3) is 0.167. The van der Waals surface area contributed by atoms with Gasteiger partial charge in [-0.25, -0.2) is 0 Å². The van der Waals surface area contributed by atoms with Crippen molar-refractivity contribution >= 4 is 22.3 Å². The van der Waals surface area contributed by atoms with Crippen LogP contribution >= 0.6 is 0 Å². The van der Waals surface area contributed by atoms with E-state index in [0.717, 1.165) is 28.9 Å². The summed E-state index contributed by atoms with van der Waals surface area (Å²) in [6, 6.07) is 11.2. The van der Waals surface area contributed by atoms with Gasteiger partial charge < -0.3 is 5.32 Å². The van der Waals surface area contributed by atoms with Crippen molar-refractivity contribution in [1.82, 2.24) is 4.98 Å². The number of hydrogen-bond acceptors (Lipinski definition) is 2. The summed E-state index contributed by atoms with van der Waals surface area (Å²) in [7, 11) is 0. The Kier molecular flexibility index (Phi) is 3.72. The molecule has 0 amide bonds. The molecule has 0 saturated heterocycles. The third-order valence-corrected chi connectivity index (χ3v) is 3.72. The monoisotopic (exact) mass is 316 g/mol. The average molecular weight is 316 g/mol. The number of halogens is 3. The summed E-state index contributed by atoms with van der Waals surface area (Å²) in [5, 5.41) is 3.66. The summed E-state index contributed by atoms with van der Waals surface area (Å²) in [5.41, 5.74) is 3.47. The van der Waals surface area contributed by atoms with Crippen LogP contribution in [0.1, 0.15) is 16.7 Å². The Balaban J connectivity index is 2.09. The van der Waals surface area contributed by atoms with E-state index < -0.39 is 11.7 Å². The van der Waals surface area contributed by atoms with Crippen molar-refractivity contribution in [3.63, 3.8) is 0 Å². The molecule has 23 heavy (non-hydrogen) atoms. The van der Waals surface area contributed by atoms with Crippen LogP contribution in [0.15, 0.2) is 48.7 Å². The fourth-order valence-electron chi connectivity index (χ4n) is 2.53. The molecule has 0 bridgehead atoms. The third-order valence-electron chi connectivity index (χ3n) is 3.72. The maximum atomic E-state index is 12.9. The molecule has 1 N–H and O–H groups in total. The zero-order valence-corrected chi connectivity index (χ0v) is 12.7. The minimum absolute atomic E-state index is 0.447. The van der Waals surface area contributed by atoms with Gasteiger partial charge in [-0.2, -0.15) is 13.2 Å². The van der Waals surface area contributed by atoms with Crippen LogP contribution in [0, 0.1) is 13.8 Å². The average Bonchev–Trinajstić information content (AvgIpc) is 2.49. The summed E-state index contributed by atoms with van der Waals surface area (Å²) in [6.45, 7) is 3.95. The van der Waals surface area contributed by atoms with Gasteiger partial charge in [-0.15, -0.1) is 0 Å². The molecule has 0 unspecified atom stereocenters. The maximum absolute atomic E-state index is 12.9. The molecule has 1 heterocycles. The SMILES string of the molecule is Cc1ccc(Nc2ccnc3ccc(C(F)(F)F)cc23)c(C)c1. The van der Waals surface area contributed by atoms with Gasteiger partial charge in [0.25, 0.3) is 0 Å². The van der Waals surface area contributed by atoms with E-state index in [2.05, 4.69) is 10.3 Å². The molecular formula is C18H15F3N2. The van der Waals surface area contributed by atoms with E-state index in [1.54, 1.807) is 12.3 Å². The second-order valence-electron chi connectivity index (χ2n) is 5.53. The number of aryl methyl sites for hydroxylation is 2. The van der Waals surface area contributed by atoms with E-state index in [4.69, 9.17) is 0 Å². The molecule has 2 nitrogen and oxygen atoms in total. The van der Waals surface area contributed by atoms with E-state index in [1.165, 1.54) is 6.07 Å². The van der Waals surface area contributed by atoms with Gasteiger partial charge in [0.15, 0.2) is 0 Å². The molecule has 3 aromatic rings. The molecule has 3 rings (SSSR count). The fourth-order valence-corrected chi connectivity index (χ4v) is 2.53. The largest absolute Gasteiger partial charge is 0.416 e. The van der Waals surface area contributed by atoms with Crippen LogP contribution in [0.3, 0.4) is 0 Å². The van der Waals surface area contributed by atoms with E-state index in [0.29, 0.717) is 16.6 Å². The Bertz CT molecular complexity index is 870. The Labute approximate surface area is 132 Å². The lowest BCUT2D eigenvalue weighted by molar-refractivity contribution is -0.137. The second kappa shape index (κ2) is 5.57. The Morgan fingerprint density at radius 1 is 0.913 bits per heavy atom. The van der Waals surface area contributed by atoms with Gasteiger partial charge in [0.1, 0.15) is 0 Å². The van der Waals surface area contributed by atoms with Crippen molar-refractivity contribution in [3.05, 3.63) is 65.4 Å². The summed E-state index contributed by atoms with van der Waals surface area (Å²) in [5.74, 6) is 0. The Morgan fingerprint density at radius 2 is 1.70 bits per heavy atom. The van der Waals surface area contributed by atoms with Gasteiger partial charge in [0.2, 0.25) is 0 Å². The quantitative estimate of drug-likeness (QED) is 0.664. The summed E-state index contributed by atoms with van der Waals surface area (Å²) >= 11 is 0. The third kappa shape index (κ3) is 3.13. The minimum Gasteiger partial charge on any atom is -0.355 e. The predicted octanol–water partition coefficient (Wildman–Crippen LogP) is 5.61. The number of fused-ring (bicyclic) bond motifs is 1. The number of nitrogens with one attached hydrogen (secondary N) is 1. The zero-order chi connectivity index (χ0) is 16.6. The standard InChI is InChI=1S/C18H15F3N2/c1-11-3-5-15(12(2)9-11)23-17-7-8-22-16-6-4-13(10-14(16)17)18(19,20)21/h3-10H,1-2H3,(H,22,23). The molecule has 118 valence electrons. The van der Waals surface area contributed by atoms with Gasteiger partial charge >= 0.3 is 6.18 Å². The predicted molar refractivity (Wildman–Crippen MR) is 85.9 cm³/mol. The molecule has 2 aromatic carbocycles. The molecule has 0 atom stereocenters. The van der Waals surface area contributed by atoms with Crippen LogP contribution < -0.4 is 5.32 Å². The molecule has 0 aliphatic heterocycles. The van der Waals surface area contributed by atoms with Crippen LogP contribution in [0.25, 0.3) is 10.9 Å². The number of benzene rings is 2. The van der Waals surface area contributed by atoms with Crippen molar-refractivity contribution < 1.29 is 13.2 Å². The topological polar surface area (TPSA) is 24.9 Å². The van der Waals surface area contributed by atoms with Gasteiger partial charge in [0.05, 0.1) is 11.1 Å². The van der Waals surface area contributed by atoms with Crippen molar-refractivity contribution in [2.75, 3.05) is 5.32 Å². The van der Waals surface area contributed by atoms with Gasteiger partial charge in [-0.1, -0.05) is 17.7 Å². The maximum Gasteiger partial charge on any atom is 0.416 e. The first-order valence-electron chi connectivity index (χ1n) is 7.15. The number of alkyl halides is 3. The lowest BCUT2D eigenvalue weighted by atomic mass is 10.1. The first-order chi connectivity index (χ1) is 10.8. The van der Waals surface area contributed by atoms with Crippen LogP contribution in [-0.2, 0) is 6.18 Å². The normalized spacial score (nSPS) is 11.7. The summed E-state index contributed by atoms with van der Waals surface area (Å²) < 4.78 is 38.8. The smallest absolute Gasteiger partial charge is 0.355 e. The molecule has 0 spiro atoms. The van der Waals surface area contributed by atoms with E-state index >= 15 is 0 Å². The molecule has 0 aliphatic rings. The van der Waals surface area contributed by atoms with E-state index in [-0.39, 0.29) is 0 Å². The van der Waals surface area contributed by atoms with Crippen LogP contribution in [0.4, 0.5) is 24.5 Å². The molecular weight excluding hydrogens is 301 g/mol. The lowest BCUT2D eigenvalue weighted by Gasteiger charge is -2.14. The van der Waals surface area contributed by atoms with Gasteiger partial charge in [-0.05, 0) is 49.7 Å². The Hall–Kier alpha value is -2.56. The van der Waals surface area contributed by atoms with Crippen LogP contribution in [0.5, 0.6) is 0 Å². The molecule has 0 aliphatic carbocycles. The number of pyridine rings is 1. The summed E-state index contributed by atoms with van der Waals surface area (Å²) in [4.78, 5) is 4.14. The minimum atomic E-state index is -4.37. The molecule has 0 fully saturated rings. The highest BCUT2D eigenvalue weighted by atomic mass is 19.4. The Morgan fingerprint density at radius 3 is 2.39 bits per heavy atom. The molecule has 0 radical (unpaired) electrons. The van der Waals surface area contributed by atoms with Crippen molar-refractivity contribution in [1.29, 1.82) is 0 Å².